The van der Waals surface area contributed by atoms with Crippen LogP contribution in [-0.4, -0.2) is 4.98 Å². The van der Waals surface area contributed by atoms with Gasteiger partial charge in [0.1, 0.15) is 0 Å². The van der Waals surface area contributed by atoms with E-state index in [4.69, 9.17) is 5.73 Å². The lowest BCUT2D eigenvalue weighted by atomic mass is 9.98. The Kier molecular flexibility index (Phi) is 4.40. The van der Waals surface area contributed by atoms with E-state index < -0.39 is 11.7 Å². The quantitative estimate of drug-likeness (QED) is 0.243. The van der Waals surface area contributed by atoms with Crippen LogP contribution < -0.4 is 5.73 Å². The molecule has 0 radical (unpaired) electrons. The van der Waals surface area contributed by atoms with Gasteiger partial charge in [-0.05, 0) is 51.9 Å². The molecule has 0 aliphatic carbocycles. The molecule has 5 rings (SSSR count). The molecule has 4 aromatic carbocycles. The number of benzene rings is 4. The molecule has 2 nitrogen and oxygen atoms in total. The Hall–Kier alpha value is -3.86. The molecule has 0 bridgehead atoms. The third-order valence-corrected chi connectivity index (χ3v) is 5.40. The van der Waals surface area contributed by atoms with E-state index in [9.17, 15) is 13.2 Å². The fourth-order valence-corrected chi connectivity index (χ4v) is 3.82. The predicted octanol–water partition coefficient (Wildman–Crippen LogP) is 7.32. The number of halogens is 3. The molecular weight excluding hydrogens is 397 g/mol. The van der Waals surface area contributed by atoms with Crippen molar-refractivity contribution in [2.45, 2.75) is 6.18 Å². The van der Waals surface area contributed by atoms with E-state index in [1.165, 1.54) is 0 Å². The van der Waals surface area contributed by atoms with Crippen molar-refractivity contribution < 1.29 is 13.2 Å². The summed E-state index contributed by atoms with van der Waals surface area (Å²) in [6.07, 6.45) is -4.48. The summed E-state index contributed by atoms with van der Waals surface area (Å²) < 4.78 is 40.9. The highest BCUT2D eigenvalue weighted by molar-refractivity contribution is 6.08. The van der Waals surface area contributed by atoms with Gasteiger partial charge in [0.05, 0.1) is 17.0 Å². The predicted molar refractivity (Wildman–Crippen MR) is 120 cm³/mol. The molecule has 31 heavy (non-hydrogen) atoms. The van der Waals surface area contributed by atoms with E-state index in [1.807, 2.05) is 54.6 Å². The minimum absolute atomic E-state index is 0.253. The third-order valence-electron chi connectivity index (χ3n) is 5.40. The van der Waals surface area contributed by atoms with Crippen LogP contribution in [0.1, 0.15) is 5.56 Å². The first-order valence-electron chi connectivity index (χ1n) is 9.75. The molecule has 5 heteroatoms. The molecule has 0 aliphatic rings. The van der Waals surface area contributed by atoms with Gasteiger partial charge in [0, 0.05) is 16.8 Å². The zero-order valence-electron chi connectivity index (χ0n) is 16.3. The second-order valence-corrected chi connectivity index (χ2v) is 7.47. The van der Waals surface area contributed by atoms with Crippen molar-refractivity contribution >= 4 is 27.2 Å². The molecule has 2 N–H and O–H groups in total. The summed E-state index contributed by atoms with van der Waals surface area (Å²) in [5.74, 6) is 0. The Morgan fingerprint density at radius 3 is 1.97 bits per heavy atom. The van der Waals surface area contributed by atoms with Crippen LogP contribution in [0.5, 0.6) is 0 Å². The van der Waals surface area contributed by atoms with Crippen molar-refractivity contribution in [3.05, 3.63) is 96.6 Å². The summed E-state index contributed by atoms with van der Waals surface area (Å²) in [6, 6.07) is 26.5. The molecule has 5 aromatic rings. The number of nitrogens with zero attached hydrogens (tertiary/aromatic N) is 1. The molecule has 0 fully saturated rings. The number of nitrogen functional groups attached to an aromatic ring is 1. The second-order valence-electron chi connectivity index (χ2n) is 7.47. The van der Waals surface area contributed by atoms with E-state index in [2.05, 4.69) is 4.98 Å². The van der Waals surface area contributed by atoms with Crippen LogP contribution in [-0.2, 0) is 6.18 Å². The summed E-state index contributed by atoms with van der Waals surface area (Å²) in [5.41, 5.74) is 7.26. The molecule has 0 spiro atoms. The van der Waals surface area contributed by atoms with Crippen LogP contribution >= 0.6 is 0 Å². The normalized spacial score (nSPS) is 11.8. The Morgan fingerprint density at radius 1 is 0.613 bits per heavy atom. The average molecular weight is 414 g/mol. The highest BCUT2D eigenvalue weighted by atomic mass is 19.4. The number of fused-ring (bicyclic) bond motifs is 3. The highest BCUT2D eigenvalue weighted by Crippen LogP contribution is 2.36. The smallest absolute Gasteiger partial charge is 0.399 e. The van der Waals surface area contributed by atoms with E-state index >= 15 is 0 Å². The molecular formula is C26H17F3N2. The molecule has 0 atom stereocenters. The number of aromatic nitrogens is 1. The fourth-order valence-electron chi connectivity index (χ4n) is 3.82. The van der Waals surface area contributed by atoms with Gasteiger partial charge < -0.3 is 5.73 Å². The summed E-state index contributed by atoms with van der Waals surface area (Å²) in [5, 5.41) is 4.22. The SMILES string of the molecule is Nc1ccc(-c2cc(C(F)(F)F)cc(-c3ccc4c(ccc5ccccc54)c3)n2)cc1. The van der Waals surface area contributed by atoms with Crippen molar-refractivity contribution in [1.82, 2.24) is 4.98 Å². The van der Waals surface area contributed by atoms with E-state index in [-0.39, 0.29) is 11.4 Å². The van der Waals surface area contributed by atoms with Crippen LogP contribution in [0.15, 0.2) is 91.0 Å². The minimum Gasteiger partial charge on any atom is -0.399 e. The highest BCUT2D eigenvalue weighted by Gasteiger charge is 2.32. The maximum atomic E-state index is 13.6. The first-order chi connectivity index (χ1) is 14.9. The lowest BCUT2D eigenvalue weighted by molar-refractivity contribution is -0.137. The van der Waals surface area contributed by atoms with E-state index in [0.717, 1.165) is 33.7 Å². The number of hydrogen-bond acceptors (Lipinski definition) is 2. The number of anilines is 1. The summed E-state index contributed by atoms with van der Waals surface area (Å²) in [4.78, 5) is 4.55. The number of alkyl halides is 3. The summed E-state index contributed by atoms with van der Waals surface area (Å²) in [7, 11) is 0. The number of rotatable bonds is 2. The third kappa shape index (κ3) is 3.59. The standard InChI is InChI=1S/C26H17F3N2/c27-26(28,29)20-14-24(17-7-10-21(30)11-8-17)31-25(15-20)19-9-12-23-18(13-19)6-5-16-3-1-2-4-22(16)23/h1-15H,30H2. The lowest BCUT2D eigenvalue weighted by Gasteiger charge is -2.13. The van der Waals surface area contributed by atoms with Crippen LogP contribution in [0.4, 0.5) is 18.9 Å². The first kappa shape index (κ1) is 19.1. The van der Waals surface area contributed by atoms with Crippen molar-refractivity contribution in [3.8, 4) is 22.5 Å². The van der Waals surface area contributed by atoms with Crippen LogP contribution in [0.25, 0.3) is 44.1 Å². The molecule has 0 saturated heterocycles. The van der Waals surface area contributed by atoms with Crippen LogP contribution in [0, 0.1) is 0 Å². The van der Waals surface area contributed by atoms with E-state index in [1.54, 1.807) is 24.3 Å². The van der Waals surface area contributed by atoms with Gasteiger partial charge in [0.15, 0.2) is 0 Å². The topological polar surface area (TPSA) is 38.9 Å². The van der Waals surface area contributed by atoms with Gasteiger partial charge in [0.2, 0.25) is 0 Å². The zero-order chi connectivity index (χ0) is 21.6. The largest absolute Gasteiger partial charge is 0.416 e. The fraction of sp³-hybridized carbons (Fsp3) is 0.0385. The lowest BCUT2D eigenvalue weighted by Crippen LogP contribution is -2.06. The van der Waals surface area contributed by atoms with Crippen LogP contribution in [0.3, 0.4) is 0 Å². The summed E-state index contributed by atoms with van der Waals surface area (Å²) >= 11 is 0. The Bertz CT molecular complexity index is 1420. The maximum Gasteiger partial charge on any atom is 0.416 e. The number of nitrogens with two attached hydrogens (primary N) is 1. The molecule has 0 unspecified atom stereocenters. The monoisotopic (exact) mass is 414 g/mol. The summed E-state index contributed by atoms with van der Waals surface area (Å²) in [6.45, 7) is 0. The van der Waals surface area contributed by atoms with Gasteiger partial charge in [-0.3, -0.25) is 0 Å². The Morgan fingerprint density at radius 2 is 1.23 bits per heavy atom. The molecule has 0 amide bonds. The van der Waals surface area contributed by atoms with E-state index in [0.29, 0.717) is 16.8 Å². The Labute approximate surface area is 176 Å². The first-order valence-corrected chi connectivity index (χ1v) is 9.75. The van der Waals surface area contributed by atoms with Crippen LogP contribution in [0.2, 0.25) is 0 Å². The average Bonchev–Trinajstić information content (AvgIpc) is 2.78. The Balaban J connectivity index is 1.69. The zero-order valence-corrected chi connectivity index (χ0v) is 16.3. The molecule has 1 aromatic heterocycles. The van der Waals surface area contributed by atoms with Gasteiger partial charge in [-0.1, -0.05) is 60.7 Å². The maximum absolute atomic E-state index is 13.6. The minimum atomic E-state index is -4.48. The van der Waals surface area contributed by atoms with Gasteiger partial charge in [-0.15, -0.1) is 0 Å². The molecule has 0 saturated carbocycles. The molecule has 152 valence electrons. The second kappa shape index (κ2) is 7.13. The van der Waals surface area contributed by atoms with Gasteiger partial charge in [-0.25, -0.2) is 4.98 Å². The van der Waals surface area contributed by atoms with Crippen molar-refractivity contribution in [3.63, 3.8) is 0 Å². The van der Waals surface area contributed by atoms with Crippen molar-refractivity contribution in [2.24, 2.45) is 0 Å². The molecule has 0 aliphatic heterocycles. The molecule has 1 heterocycles. The number of hydrogen-bond donors (Lipinski definition) is 1. The van der Waals surface area contributed by atoms with Crippen molar-refractivity contribution in [1.29, 1.82) is 0 Å². The van der Waals surface area contributed by atoms with Crippen molar-refractivity contribution in [2.75, 3.05) is 5.73 Å². The number of pyridine rings is 1. The van der Waals surface area contributed by atoms with Gasteiger partial charge >= 0.3 is 6.18 Å². The van der Waals surface area contributed by atoms with Gasteiger partial charge in [0.25, 0.3) is 0 Å². The van der Waals surface area contributed by atoms with Gasteiger partial charge in [-0.2, -0.15) is 13.2 Å².